The topological polar surface area (TPSA) is 49.2 Å². The van der Waals surface area contributed by atoms with E-state index >= 15 is 0 Å². The van der Waals surface area contributed by atoms with Crippen LogP contribution in [0.1, 0.15) is 12.6 Å². The van der Waals surface area contributed by atoms with Crippen LogP contribution in [0.25, 0.3) is 0 Å². The molecule has 0 saturated heterocycles. The Bertz CT molecular complexity index is 516. The summed E-state index contributed by atoms with van der Waals surface area (Å²) in [6.45, 7) is 2.46. The van der Waals surface area contributed by atoms with Crippen molar-refractivity contribution in [2.75, 3.05) is 11.4 Å². The Balaban J connectivity index is 2.32. The number of hydrogen-bond donors (Lipinski definition) is 1. The highest BCUT2D eigenvalue weighted by atomic mass is 19.1. The molecule has 94 valence electrons. The third-order valence-corrected chi connectivity index (χ3v) is 2.58. The summed E-state index contributed by atoms with van der Waals surface area (Å²) in [6.07, 6.45) is 0. The number of benzene rings is 1. The standard InChI is InChI=1S/C13H14FN3O/c1-2-17(12-5-3-4-10(14)8-12)13-7-6-11(9-18)15-16-13/h3-8,18H,2,9H2,1H3. The highest BCUT2D eigenvalue weighted by Gasteiger charge is 2.09. The first-order valence-corrected chi connectivity index (χ1v) is 5.71. The largest absolute Gasteiger partial charge is 0.390 e. The van der Waals surface area contributed by atoms with Gasteiger partial charge in [-0.2, -0.15) is 5.10 Å². The number of halogens is 1. The first kappa shape index (κ1) is 12.4. The van der Waals surface area contributed by atoms with E-state index in [4.69, 9.17) is 5.11 Å². The van der Waals surface area contributed by atoms with E-state index in [9.17, 15) is 4.39 Å². The van der Waals surface area contributed by atoms with Crippen molar-refractivity contribution < 1.29 is 9.50 Å². The Kier molecular flexibility index (Phi) is 3.84. The second kappa shape index (κ2) is 5.55. The number of aromatic nitrogens is 2. The van der Waals surface area contributed by atoms with Crippen molar-refractivity contribution in [3.8, 4) is 0 Å². The zero-order valence-electron chi connectivity index (χ0n) is 10.0. The van der Waals surface area contributed by atoms with E-state index < -0.39 is 0 Å². The Labute approximate surface area is 105 Å². The van der Waals surface area contributed by atoms with Gasteiger partial charge in [0.25, 0.3) is 0 Å². The minimum absolute atomic E-state index is 0.140. The van der Waals surface area contributed by atoms with Gasteiger partial charge in [-0.15, -0.1) is 5.10 Å². The van der Waals surface area contributed by atoms with Gasteiger partial charge in [0.1, 0.15) is 5.82 Å². The first-order chi connectivity index (χ1) is 8.74. The molecule has 1 aromatic carbocycles. The van der Waals surface area contributed by atoms with E-state index in [-0.39, 0.29) is 12.4 Å². The lowest BCUT2D eigenvalue weighted by atomic mass is 10.2. The van der Waals surface area contributed by atoms with Gasteiger partial charge in [-0.1, -0.05) is 6.07 Å². The third-order valence-electron chi connectivity index (χ3n) is 2.58. The zero-order valence-corrected chi connectivity index (χ0v) is 10.0. The number of aliphatic hydroxyl groups excluding tert-OH is 1. The Morgan fingerprint density at radius 2 is 2.06 bits per heavy atom. The number of hydrogen-bond acceptors (Lipinski definition) is 4. The number of nitrogens with zero attached hydrogens (tertiary/aromatic N) is 3. The lowest BCUT2D eigenvalue weighted by Gasteiger charge is -2.21. The van der Waals surface area contributed by atoms with Crippen LogP contribution >= 0.6 is 0 Å². The third kappa shape index (κ3) is 2.62. The molecule has 2 rings (SSSR count). The second-order valence-corrected chi connectivity index (χ2v) is 3.77. The molecular weight excluding hydrogens is 233 g/mol. The van der Waals surface area contributed by atoms with Crippen molar-refractivity contribution in [1.82, 2.24) is 10.2 Å². The molecule has 0 bridgehead atoms. The highest BCUT2D eigenvalue weighted by Crippen LogP contribution is 2.23. The summed E-state index contributed by atoms with van der Waals surface area (Å²) in [5.41, 5.74) is 1.23. The molecular formula is C13H14FN3O. The average molecular weight is 247 g/mol. The van der Waals surface area contributed by atoms with Crippen LogP contribution in [0, 0.1) is 5.82 Å². The van der Waals surface area contributed by atoms with Crippen LogP contribution in [0.5, 0.6) is 0 Å². The van der Waals surface area contributed by atoms with Crippen molar-refractivity contribution >= 4 is 11.5 Å². The summed E-state index contributed by atoms with van der Waals surface area (Å²) in [5, 5.41) is 16.8. The molecule has 0 unspecified atom stereocenters. The van der Waals surface area contributed by atoms with Crippen molar-refractivity contribution in [3.63, 3.8) is 0 Å². The number of rotatable bonds is 4. The van der Waals surface area contributed by atoms with Gasteiger partial charge in [0.05, 0.1) is 12.3 Å². The summed E-state index contributed by atoms with van der Waals surface area (Å²) in [7, 11) is 0. The van der Waals surface area contributed by atoms with Crippen molar-refractivity contribution in [2.45, 2.75) is 13.5 Å². The van der Waals surface area contributed by atoms with Crippen LogP contribution < -0.4 is 4.90 Å². The Hall–Kier alpha value is -2.01. The summed E-state index contributed by atoms with van der Waals surface area (Å²) >= 11 is 0. The fourth-order valence-electron chi connectivity index (χ4n) is 1.70. The monoisotopic (exact) mass is 247 g/mol. The molecule has 0 radical (unpaired) electrons. The van der Waals surface area contributed by atoms with Crippen molar-refractivity contribution in [1.29, 1.82) is 0 Å². The quantitative estimate of drug-likeness (QED) is 0.900. The van der Waals surface area contributed by atoms with Crippen LogP contribution in [-0.2, 0) is 6.61 Å². The van der Waals surface area contributed by atoms with E-state index in [0.717, 1.165) is 5.69 Å². The Morgan fingerprint density at radius 1 is 1.22 bits per heavy atom. The minimum Gasteiger partial charge on any atom is -0.390 e. The van der Waals surface area contributed by atoms with Crippen molar-refractivity contribution in [3.05, 3.63) is 47.9 Å². The maximum atomic E-state index is 13.2. The Morgan fingerprint density at radius 3 is 2.61 bits per heavy atom. The highest BCUT2D eigenvalue weighted by molar-refractivity contribution is 5.59. The van der Waals surface area contributed by atoms with Crippen LogP contribution in [-0.4, -0.2) is 21.8 Å². The van der Waals surface area contributed by atoms with Crippen LogP contribution in [0.4, 0.5) is 15.9 Å². The van der Waals surface area contributed by atoms with Crippen LogP contribution in [0.3, 0.4) is 0 Å². The van der Waals surface area contributed by atoms with Gasteiger partial charge < -0.3 is 10.0 Å². The zero-order chi connectivity index (χ0) is 13.0. The summed E-state index contributed by atoms with van der Waals surface area (Å²) in [6, 6.07) is 9.78. The molecule has 0 fully saturated rings. The number of aliphatic hydroxyl groups is 1. The molecule has 0 aliphatic rings. The molecule has 0 amide bonds. The van der Waals surface area contributed by atoms with Gasteiger partial charge in [0.2, 0.25) is 0 Å². The maximum absolute atomic E-state index is 13.2. The molecule has 18 heavy (non-hydrogen) atoms. The fraction of sp³-hybridized carbons (Fsp3) is 0.231. The average Bonchev–Trinajstić information content (AvgIpc) is 2.40. The lowest BCUT2D eigenvalue weighted by molar-refractivity contribution is 0.275. The van der Waals surface area contributed by atoms with E-state index in [1.54, 1.807) is 18.2 Å². The predicted molar refractivity (Wildman–Crippen MR) is 67.0 cm³/mol. The van der Waals surface area contributed by atoms with Crippen LogP contribution in [0.15, 0.2) is 36.4 Å². The van der Waals surface area contributed by atoms with E-state index in [1.165, 1.54) is 12.1 Å². The van der Waals surface area contributed by atoms with Gasteiger partial charge >= 0.3 is 0 Å². The van der Waals surface area contributed by atoms with E-state index in [1.807, 2.05) is 17.9 Å². The predicted octanol–water partition coefficient (Wildman–Crippen LogP) is 2.27. The molecule has 1 N–H and O–H groups in total. The van der Waals surface area contributed by atoms with Gasteiger partial charge in [0, 0.05) is 12.2 Å². The normalized spacial score (nSPS) is 10.4. The lowest BCUT2D eigenvalue weighted by Crippen LogP contribution is -2.18. The van der Waals surface area contributed by atoms with E-state index in [0.29, 0.717) is 18.1 Å². The molecule has 5 heteroatoms. The molecule has 0 saturated carbocycles. The SMILES string of the molecule is CCN(c1cccc(F)c1)c1ccc(CO)nn1. The molecule has 0 aliphatic heterocycles. The minimum atomic E-state index is -0.286. The number of anilines is 2. The molecule has 0 aliphatic carbocycles. The van der Waals surface area contributed by atoms with Gasteiger partial charge in [0.15, 0.2) is 5.82 Å². The van der Waals surface area contributed by atoms with E-state index in [2.05, 4.69) is 10.2 Å². The maximum Gasteiger partial charge on any atom is 0.155 e. The van der Waals surface area contributed by atoms with Crippen molar-refractivity contribution in [2.24, 2.45) is 0 Å². The van der Waals surface area contributed by atoms with Gasteiger partial charge in [-0.05, 0) is 37.3 Å². The summed E-state index contributed by atoms with van der Waals surface area (Å²) in [5.74, 6) is 0.339. The smallest absolute Gasteiger partial charge is 0.155 e. The molecule has 0 atom stereocenters. The fourth-order valence-corrected chi connectivity index (χ4v) is 1.70. The first-order valence-electron chi connectivity index (χ1n) is 5.71. The van der Waals surface area contributed by atoms with Gasteiger partial charge in [-0.3, -0.25) is 0 Å². The second-order valence-electron chi connectivity index (χ2n) is 3.77. The molecule has 4 nitrogen and oxygen atoms in total. The molecule has 1 heterocycles. The van der Waals surface area contributed by atoms with Gasteiger partial charge in [-0.25, -0.2) is 4.39 Å². The summed E-state index contributed by atoms with van der Waals surface area (Å²) < 4.78 is 13.2. The molecule has 0 spiro atoms. The molecule has 1 aromatic heterocycles. The van der Waals surface area contributed by atoms with Crippen LogP contribution in [0.2, 0.25) is 0 Å². The summed E-state index contributed by atoms with van der Waals surface area (Å²) in [4.78, 5) is 1.84. The molecule has 2 aromatic rings.